The van der Waals surface area contributed by atoms with E-state index in [2.05, 4.69) is 11.8 Å². The van der Waals surface area contributed by atoms with Crippen LogP contribution in [-0.4, -0.2) is 13.2 Å². The Labute approximate surface area is 124 Å². The molecule has 0 fully saturated rings. The van der Waals surface area contributed by atoms with E-state index in [1.165, 1.54) is 0 Å². The molecule has 0 heterocycles. The zero-order chi connectivity index (χ0) is 14.2. The van der Waals surface area contributed by atoms with Gasteiger partial charge >= 0.3 is 0 Å². The van der Waals surface area contributed by atoms with Crippen LogP contribution in [0.4, 0.5) is 0 Å². The van der Waals surface area contributed by atoms with E-state index >= 15 is 0 Å². The summed E-state index contributed by atoms with van der Waals surface area (Å²) in [5, 5.41) is 0.691. The first-order valence-electron chi connectivity index (χ1n) is 6.45. The van der Waals surface area contributed by atoms with Crippen LogP contribution >= 0.6 is 11.6 Å². The molecule has 2 rings (SSSR count). The van der Waals surface area contributed by atoms with E-state index in [1.54, 1.807) is 0 Å². The number of ether oxygens (including phenoxy) is 1. The quantitative estimate of drug-likeness (QED) is 0.875. The van der Waals surface area contributed by atoms with Gasteiger partial charge in [0.05, 0.1) is 0 Å². The Morgan fingerprint density at radius 1 is 1.10 bits per heavy atom. The van der Waals surface area contributed by atoms with Crippen molar-refractivity contribution in [3.63, 3.8) is 0 Å². The molecule has 0 amide bonds. The molecule has 0 aliphatic heterocycles. The number of hydrogen-bond donors (Lipinski definition) is 1. The summed E-state index contributed by atoms with van der Waals surface area (Å²) in [6.07, 6.45) is 0.738. The fraction of sp³-hybridized carbons (Fsp3) is 0.176. The number of halogens is 1. The lowest BCUT2D eigenvalue weighted by atomic mass is 10.1. The largest absolute Gasteiger partial charge is 0.481 e. The highest BCUT2D eigenvalue weighted by molar-refractivity contribution is 6.30. The summed E-state index contributed by atoms with van der Waals surface area (Å²) >= 11 is 5.97. The number of benzene rings is 2. The minimum absolute atomic E-state index is 0.341. The molecular formula is C17H16ClNO. The first-order chi connectivity index (χ1) is 9.79. The molecule has 0 radical (unpaired) electrons. The van der Waals surface area contributed by atoms with Gasteiger partial charge in [0.15, 0.2) is 0 Å². The summed E-state index contributed by atoms with van der Waals surface area (Å²) in [6.45, 7) is 0.903. The number of nitrogens with two attached hydrogens (primary N) is 1. The second-order valence-electron chi connectivity index (χ2n) is 4.25. The lowest BCUT2D eigenvalue weighted by Crippen LogP contribution is -2.05. The van der Waals surface area contributed by atoms with E-state index in [0.717, 1.165) is 23.3 Å². The van der Waals surface area contributed by atoms with Crippen molar-refractivity contribution in [1.82, 2.24) is 0 Å². The predicted molar refractivity (Wildman–Crippen MR) is 83.0 cm³/mol. The van der Waals surface area contributed by atoms with E-state index in [-0.39, 0.29) is 0 Å². The molecule has 0 aliphatic rings. The van der Waals surface area contributed by atoms with Gasteiger partial charge in [-0.3, -0.25) is 0 Å². The van der Waals surface area contributed by atoms with E-state index in [9.17, 15) is 0 Å². The summed E-state index contributed by atoms with van der Waals surface area (Å²) < 4.78 is 5.68. The van der Waals surface area contributed by atoms with Crippen LogP contribution in [0.3, 0.4) is 0 Å². The summed E-state index contributed by atoms with van der Waals surface area (Å²) in [6, 6.07) is 15.4. The summed E-state index contributed by atoms with van der Waals surface area (Å²) in [5.74, 6) is 6.84. The Hall–Kier alpha value is -1.95. The molecule has 2 N–H and O–H groups in total. The van der Waals surface area contributed by atoms with Crippen LogP contribution in [0.15, 0.2) is 48.5 Å². The van der Waals surface area contributed by atoms with Crippen molar-refractivity contribution in [2.24, 2.45) is 5.73 Å². The fourth-order valence-corrected chi connectivity index (χ4v) is 2.01. The molecule has 3 heteroatoms. The molecule has 2 aromatic carbocycles. The number of hydrogen-bond acceptors (Lipinski definition) is 2. The molecule has 20 heavy (non-hydrogen) atoms. The van der Waals surface area contributed by atoms with E-state index in [1.807, 2.05) is 48.5 Å². The van der Waals surface area contributed by atoms with Gasteiger partial charge in [0.25, 0.3) is 0 Å². The minimum atomic E-state index is 0.341. The van der Waals surface area contributed by atoms with E-state index in [0.29, 0.717) is 18.2 Å². The zero-order valence-corrected chi connectivity index (χ0v) is 11.9. The average molecular weight is 286 g/mol. The van der Waals surface area contributed by atoms with Crippen molar-refractivity contribution in [2.45, 2.75) is 6.42 Å². The van der Waals surface area contributed by atoms with Crippen LogP contribution in [0.5, 0.6) is 5.75 Å². The second-order valence-corrected chi connectivity index (χ2v) is 4.68. The molecular weight excluding hydrogens is 270 g/mol. The van der Waals surface area contributed by atoms with Gasteiger partial charge in [0.2, 0.25) is 0 Å². The summed E-state index contributed by atoms with van der Waals surface area (Å²) in [5.41, 5.74) is 7.58. The molecule has 0 saturated carbocycles. The SMILES string of the molecule is NCCc1cc(Cl)ccc1OCC#Cc1ccccc1. The van der Waals surface area contributed by atoms with Gasteiger partial charge in [-0.2, -0.15) is 0 Å². The standard InChI is InChI=1S/C17H16ClNO/c18-16-8-9-17(15(13-16)10-11-19)20-12-4-7-14-5-2-1-3-6-14/h1-3,5-6,8-9,13H,10-12,19H2. The van der Waals surface area contributed by atoms with Gasteiger partial charge in [-0.25, -0.2) is 0 Å². The first-order valence-corrected chi connectivity index (χ1v) is 6.82. The molecule has 0 bridgehead atoms. The van der Waals surface area contributed by atoms with Gasteiger partial charge in [-0.15, -0.1) is 0 Å². The van der Waals surface area contributed by atoms with Crippen molar-refractivity contribution in [3.8, 4) is 17.6 Å². The normalized spacial score (nSPS) is 9.70. The Kier molecular flexibility index (Phi) is 5.49. The molecule has 0 saturated heterocycles. The van der Waals surface area contributed by atoms with E-state index in [4.69, 9.17) is 22.1 Å². The van der Waals surface area contributed by atoms with Crippen LogP contribution < -0.4 is 10.5 Å². The maximum absolute atomic E-state index is 5.97. The third kappa shape index (κ3) is 4.31. The van der Waals surface area contributed by atoms with Gasteiger partial charge in [0.1, 0.15) is 12.4 Å². The van der Waals surface area contributed by atoms with Gasteiger partial charge in [-0.05, 0) is 48.9 Å². The fourth-order valence-electron chi connectivity index (χ4n) is 1.81. The maximum atomic E-state index is 5.97. The average Bonchev–Trinajstić information content (AvgIpc) is 2.47. The zero-order valence-electron chi connectivity index (χ0n) is 11.1. The van der Waals surface area contributed by atoms with Crippen molar-refractivity contribution in [3.05, 3.63) is 64.7 Å². The Bertz CT molecular complexity index is 614. The first kappa shape index (κ1) is 14.5. The van der Waals surface area contributed by atoms with Crippen molar-refractivity contribution >= 4 is 11.6 Å². The minimum Gasteiger partial charge on any atom is -0.481 e. The molecule has 2 aromatic rings. The second kappa shape index (κ2) is 7.59. The molecule has 0 spiro atoms. The smallest absolute Gasteiger partial charge is 0.149 e. The van der Waals surface area contributed by atoms with Crippen molar-refractivity contribution in [2.75, 3.05) is 13.2 Å². The number of rotatable bonds is 4. The topological polar surface area (TPSA) is 35.2 Å². The third-order valence-electron chi connectivity index (χ3n) is 2.74. The van der Waals surface area contributed by atoms with Crippen LogP contribution in [0, 0.1) is 11.8 Å². The molecule has 0 unspecified atom stereocenters. The molecule has 102 valence electrons. The summed E-state index contributed by atoms with van der Waals surface area (Å²) in [7, 11) is 0. The third-order valence-corrected chi connectivity index (χ3v) is 2.98. The highest BCUT2D eigenvalue weighted by atomic mass is 35.5. The van der Waals surface area contributed by atoms with E-state index < -0.39 is 0 Å². The maximum Gasteiger partial charge on any atom is 0.149 e. The van der Waals surface area contributed by atoms with Crippen LogP contribution in [-0.2, 0) is 6.42 Å². The van der Waals surface area contributed by atoms with Crippen molar-refractivity contribution in [1.29, 1.82) is 0 Å². The van der Waals surface area contributed by atoms with Gasteiger partial charge < -0.3 is 10.5 Å². The van der Waals surface area contributed by atoms with Crippen LogP contribution in [0.2, 0.25) is 5.02 Å². The van der Waals surface area contributed by atoms with Crippen LogP contribution in [0.1, 0.15) is 11.1 Å². The van der Waals surface area contributed by atoms with Gasteiger partial charge in [0, 0.05) is 10.6 Å². The lowest BCUT2D eigenvalue weighted by Gasteiger charge is -2.09. The molecule has 2 nitrogen and oxygen atoms in total. The molecule has 0 atom stereocenters. The molecule has 0 aliphatic carbocycles. The van der Waals surface area contributed by atoms with Crippen molar-refractivity contribution < 1.29 is 4.74 Å². The lowest BCUT2D eigenvalue weighted by molar-refractivity contribution is 0.366. The Balaban J connectivity index is 1.99. The Morgan fingerprint density at radius 2 is 1.90 bits per heavy atom. The summed E-state index contributed by atoms with van der Waals surface area (Å²) in [4.78, 5) is 0. The van der Waals surface area contributed by atoms with Crippen LogP contribution in [0.25, 0.3) is 0 Å². The molecule has 0 aromatic heterocycles. The monoisotopic (exact) mass is 285 g/mol. The predicted octanol–water partition coefficient (Wildman–Crippen LogP) is 3.27. The Morgan fingerprint density at radius 3 is 2.65 bits per heavy atom. The highest BCUT2D eigenvalue weighted by Crippen LogP contribution is 2.23. The highest BCUT2D eigenvalue weighted by Gasteiger charge is 2.03. The van der Waals surface area contributed by atoms with Gasteiger partial charge in [-0.1, -0.05) is 41.6 Å².